The first-order valence-electron chi connectivity index (χ1n) is 10.1. The summed E-state index contributed by atoms with van der Waals surface area (Å²) >= 11 is 0. The van der Waals surface area contributed by atoms with Crippen molar-refractivity contribution < 1.29 is 13.9 Å². The van der Waals surface area contributed by atoms with E-state index in [0.717, 1.165) is 30.4 Å². The number of aldehydes is 1. The van der Waals surface area contributed by atoms with Gasteiger partial charge in [-0.05, 0) is 80.6 Å². The second kappa shape index (κ2) is 8.70. The summed E-state index contributed by atoms with van der Waals surface area (Å²) in [6.45, 7) is 3.84. The third-order valence-corrected chi connectivity index (χ3v) is 5.69. The average molecular weight is 392 g/mol. The fourth-order valence-electron chi connectivity index (χ4n) is 4.00. The number of nitrogens with zero attached hydrogens (tertiary/aromatic N) is 1. The van der Waals surface area contributed by atoms with Crippen LogP contribution in [0.15, 0.2) is 42.6 Å². The van der Waals surface area contributed by atoms with Crippen LogP contribution in [0.25, 0.3) is 10.9 Å². The van der Waals surface area contributed by atoms with Gasteiger partial charge in [-0.15, -0.1) is 0 Å². The van der Waals surface area contributed by atoms with Gasteiger partial charge in [-0.2, -0.15) is 0 Å². The van der Waals surface area contributed by atoms with Crippen LogP contribution < -0.4 is 10.1 Å². The molecule has 1 aliphatic rings. The van der Waals surface area contributed by atoms with E-state index >= 15 is 0 Å². The van der Waals surface area contributed by atoms with E-state index in [0.29, 0.717) is 34.8 Å². The molecule has 1 N–H and O–H groups in total. The SMILES string of the molecule is Cc1c(Oc2ccnc3ccc(CC4CCNCC4)cc23)ccc(CC=O)c1F. The highest BCUT2D eigenvalue weighted by Crippen LogP contribution is 2.33. The number of halogens is 1. The number of pyridine rings is 1. The highest BCUT2D eigenvalue weighted by Gasteiger charge is 2.16. The van der Waals surface area contributed by atoms with E-state index in [9.17, 15) is 9.18 Å². The van der Waals surface area contributed by atoms with Crippen LogP contribution in [0.2, 0.25) is 0 Å². The van der Waals surface area contributed by atoms with Crippen LogP contribution in [-0.4, -0.2) is 24.4 Å². The van der Waals surface area contributed by atoms with E-state index in [1.807, 2.05) is 12.1 Å². The van der Waals surface area contributed by atoms with Crippen molar-refractivity contribution >= 4 is 17.2 Å². The Hall–Kier alpha value is -2.79. The second-order valence-corrected chi connectivity index (χ2v) is 7.69. The van der Waals surface area contributed by atoms with Gasteiger partial charge in [0.25, 0.3) is 0 Å². The third kappa shape index (κ3) is 4.30. The quantitative estimate of drug-likeness (QED) is 0.615. The van der Waals surface area contributed by atoms with Gasteiger partial charge in [-0.3, -0.25) is 4.98 Å². The Morgan fingerprint density at radius 1 is 1.17 bits per heavy atom. The van der Waals surface area contributed by atoms with Crippen molar-refractivity contribution in [1.29, 1.82) is 0 Å². The smallest absolute Gasteiger partial charge is 0.138 e. The molecule has 1 fully saturated rings. The Kier molecular flexibility index (Phi) is 5.86. The zero-order valence-corrected chi connectivity index (χ0v) is 16.6. The molecule has 29 heavy (non-hydrogen) atoms. The molecule has 0 saturated carbocycles. The molecule has 2 aromatic carbocycles. The minimum absolute atomic E-state index is 0.0607. The summed E-state index contributed by atoms with van der Waals surface area (Å²) in [6.07, 6.45) is 5.90. The Balaban J connectivity index is 1.64. The van der Waals surface area contributed by atoms with Crippen molar-refractivity contribution in [3.63, 3.8) is 0 Å². The minimum atomic E-state index is -0.389. The van der Waals surface area contributed by atoms with Crippen molar-refractivity contribution in [1.82, 2.24) is 10.3 Å². The van der Waals surface area contributed by atoms with Crippen LogP contribution in [0.1, 0.15) is 29.5 Å². The summed E-state index contributed by atoms with van der Waals surface area (Å²) in [7, 11) is 0. The summed E-state index contributed by atoms with van der Waals surface area (Å²) in [4.78, 5) is 15.2. The van der Waals surface area contributed by atoms with E-state index in [1.165, 1.54) is 18.4 Å². The van der Waals surface area contributed by atoms with Gasteiger partial charge in [0.15, 0.2) is 0 Å². The summed E-state index contributed by atoms with van der Waals surface area (Å²) in [5.74, 6) is 1.41. The van der Waals surface area contributed by atoms with E-state index in [2.05, 4.69) is 22.4 Å². The molecule has 1 aromatic heterocycles. The van der Waals surface area contributed by atoms with Crippen molar-refractivity contribution in [2.45, 2.75) is 32.6 Å². The van der Waals surface area contributed by atoms with Gasteiger partial charge in [0.05, 0.1) is 5.52 Å². The van der Waals surface area contributed by atoms with Crippen LogP contribution >= 0.6 is 0 Å². The molecule has 0 unspecified atom stereocenters. The monoisotopic (exact) mass is 392 g/mol. The Morgan fingerprint density at radius 2 is 2.00 bits per heavy atom. The third-order valence-electron chi connectivity index (χ3n) is 5.69. The summed E-state index contributed by atoms with van der Waals surface area (Å²) in [5.41, 5.74) is 2.91. The fraction of sp³-hybridized carbons (Fsp3) is 0.333. The molecule has 0 bridgehead atoms. The number of carbonyl (C=O) groups excluding carboxylic acids is 1. The Morgan fingerprint density at radius 3 is 2.79 bits per heavy atom. The zero-order valence-electron chi connectivity index (χ0n) is 16.6. The maximum Gasteiger partial charge on any atom is 0.138 e. The number of benzene rings is 2. The fourth-order valence-corrected chi connectivity index (χ4v) is 4.00. The number of aromatic nitrogens is 1. The lowest BCUT2D eigenvalue weighted by atomic mass is 9.90. The normalized spacial score (nSPS) is 14.8. The maximum absolute atomic E-state index is 14.5. The van der Waals surface area contributed by atoms with Crippen molar-refractivity contribution in [3.05, 3.63) is 65.1 Å². The number of hydrogen-bond acceptors (Lipinski definition) is 4. The molecule has 0 radical (unpaired) electrons. The molecule has 150 valence electrons. The Labute approximate surface area is 170 Å². The van der Waals surface area contributed by atoms with Gasteiger partial charge in [-0.1, -0.05) is 12.1 Å². The topological polar surface area (TPSA) is 51.2 Å². The van der Waals surface area contributed by atoms with Gasteiger partial charge >= 0.3 is 0 Å². The number of carbonyl (C=O) groups is 1. The maximum atomic E-state index is 14.5. The first-order valence-corrected chi connectivity index (χ1v) is 10.1. The second-order valence-electron chi connectivity index (χ2n) is 7.69. The molecule has 0 amide bonds. The Bertz CT molecular complexity index is 1030. The lowest BCUT2D eigenvalue weighted by Crippen LogP contribution is -2.28. The summed E-state index contributed by atoms with van der Waals surface area (Å²) in [6, 6.07) is 11.5. The summed E-state index contributed by atoms with van der Waals surface area (Å²) < 4.78 is 20.6. The molecular weight excluding hydrogens is 367 g/mol. The molecule has 1 aliphatic heterocycles. The van der Waals surface area contributed by atoms with Gasteiger partial charge < -0.3 is 14.8 Å². The molecule has 4 rings (SSSR count). The largest absolute Gasteiger partial charge is 0.456 e. The number of ether oxygens (including phenoxy) is 1. The van der Waals surface area contributed by atoms with E-state index in [-0.39, 0.29) is 12.2 Å². The number of rotatable bonds is 6. The predicted molar refractivity (Wildman–Crippen MR) is 112 cm³/mol. The summed E-state index contributed by atoms with van der Waals surface area (Å²) in [5, 5.41) is 4.33. The molecule has 5 heteroatoms. The van der Waals surface area contributed by atoms with Crippen LogP contribution in [0.4, 0.5) is 4.39 Å². The van der Waals surface area contributed by atoms with Gasteiger partial charge in [-0.25, -0.2) is 4.39 Å². The molecule has 0 spiro atoms. The lowest BCUT2D eigenvalue weighted by molar-refractivity contribution is -0.107. The van der Waals surface area contributed by atoms with Crippen molar-refractivity contribution in [2.75, 3.05) is 13.1 Å². The molecule has 2 heterocycles. The van der Waals surface area contributed by atoms with Crippen molar-refractivity contribution in [2.24, 2.45) is 5.92 Å². The molecule has 1 saturated heterocycles. The average Bonchev–Trinajstić information content (AvgIpc) is 2.74. The van der Waals surface area contributed by atoms with Gasteiger partial charge in [0.2, 0.25) is 0 Å². The number of nitrogens with one attached hydrogen (secondary N) is 1. The number of piperidine rings is 1. The van der Waals surface area contributed by atoms with Crippen LogP contribution in [0.5, 0.6) is 11.5 Å². The van der Waals surface area contributed by atoms with E-state index in [4.69, 9.17) is 4.74 Å². The molecule has 4 nitrogen and oxygen atoms in total. The standard InChI is InChI=1S/C24H25FN2O2/c1-16-22(5-3-19(9-13-28)24(16)25)29-23-8-12-27-21-4-2-18(15-20(21)23)14-17-6-10-26-11-7-17/h2-5,8,12-13,15,17,26H,6-7,9-11,14H2,1H3. The molecule has 0 atom stereocenters. The van der Waals surface area contributed by atoms with Crippen LogP contribution in [0.3, 0.4) is 0 Å². The van der Waals surface area contributed by atoms with E-state index in [1.54, 1.807) is 25.3 Å². The van der Waals surface area contributed by atoms with E-state index < -0.39 is 0 Å². The predicted octanol–water partition coefficient (Wildman–Crippen LogP) is 4.76. The minimum Gasteiger partial charge on any atom is -0.456 e. The van der Waals surface area contributed by atoms with Crippen LogP contribution in [-0.2, 0) is 17.6 Å². The van der Waals surface area contributed by atoms with Crippen molar-refractivity contribution in [3.8, 4) is 11.5 Å². The van der Waals surface area contributed by atoms with Gasteiger partial charge in [0.1, 0.15) is 23.6 Å². The lowest BCUT2D eigenvalue weighted by Gasteiger charge is -2.22. The molecule has 3 aromatic rings. The molecule has 0 aliphatic carbocycles. The first-order chi connectivity index (χ1) is 14.2. The number of hydrogen-bond donors (Lipinski definition) is 1. The highest BCUT2D eigenvalue weighted by atomic mass is 19.1. The van der Waals surface area contributed by atoms with Crippen LogP contribution in [0, 0.1) is 18.7 Å². The highest BCUT2D eigenvalue weighted by molar-refractivity contribution is 5.85. The van der Waals surface area contributed by atoms with Gasteiger partial charge in [0, 0.05) is 23.6 Å². The molecular formula is C24H25FN2O2. The zero-order chi connectivity index (χ0) is 20.2. The first kappa shape index (κ1) is 19.5. The number of fused-ring (bicyclic) bond motifs is 1.